The van der Waals surface area contributed by atoms with Crippen LogP contribution in [0.2, 0.25) is 0 Å². The van der Waals surface area contributed by atoms with Gasteiger partial charge < -0.3 is 20.6 Å². The number of rotatable bonds is 43. The van der Waals surface area contributed by atoms with E-state index in [1.807, 2.05) is 0 Å². The summed E-state index contributed by atoms with van der Waals surface area (Å²) in [4.78, 5) is 12.4. The first kappa shape index (κ1) is 50.4. The molecule has 3 atom stereocenters. The molecule has 0 fully saturated rings. The first-order valence-corrected chi connectivity index (χ1v) is 23.3. The Kier molecular flexibility index (Phi) is 41.6. The smallest absolute Gasteiger partial charge is 0.220 e. The zero-order valence-electron chi connectivity index (χ0n) is 34.8. The fourth-order valence-corrected chi connectivity index (χ4v) is 7.58. The van der Waals surface area contributed by atoms with Crippen LogP contribution in [0.4, 0.5) is 0 Å². The molecule has 5 heteroatoms. The fraction of sp³-hybridized carbons (Fsp3) is 0.978. The summed E-state index contributed by atoms with van der Waals surface area (Å²) in [6.07, 6.45) is 47.9. The Hall–Kier alpha value is -0.650. The highest BCUT2D eigenvalue weighted by Crippen LogP contribution is 2.17. The molecule has 0 heterocycles. The van der Waals surface area contributed by atoms with Crippen molar-refractivity contribution in [3.63, 3.8) is 0 Å². The minimum atomic E-state index is -1.13. The van der Waals surface area contributed by atoms with Gasteiger partial charge in [0.15, 0.2) is 0 Å². The maximum atomic E-state index is 12.4. The van der Waals surface area contributed by atoms with E-state index in [1.165, 1.54) is 205 Å². The second-order valence-electron chi connectivity index (χ2n) is 16.3. The zero-order valence-corrected chi connectivity index (χ0v) is 34.8. The van der Waals surface area contributed by atoms with Crippen molar-refractivity contribution in [3.8, 4) is 0 Å². The average molecular weight is 724 g/mol. The summed E-state index contributed by atoms with van der Waals surface area (Å²) < 4.78 is 0. The summed E-state index contributed by atoms with van der Waals surface area (Å²) in [5.74, 6) is -0.138. The molecule has 0 aliphatic heterocycles. The van der Waals surface area contributed by atoms with Gasteiger partial charge >= 0.3 is 0 Å². The van der Waals surface area contributed by atoms with Gasteiger partial charge in [0.25, 0.3) is 0 Å². The lowest BCUT2D eigenvalue weighted by Crippen LogP contribution is -2.50. The molecule has 0 bridgehead atoms. The predicted molar refractivity (Wildman–Crippen MR) is 222 cm³/mol. The van der Waals surface area contributed by atoms with Gasteiger partial charge in [0.1, 0.15) is 6.10 Å². The molecule has 0 rings (SSSR count). The molecular weight excluding hydrogens is 631 g/mol. The minimum absolute atomic E-state index is 0.138. The molecule has 0 saturated carbocycles. The monoisotopic (exact) mass is 724 g/mol. The van der Waals surface area contributed by atoms with Gasteiger partial charge in [-0.3, -0.25) is 4.79 Å². The summed E-state index contributed by atoms with van der Waals surface area (Å²) in [6, 6.07) is -0.802. The third-order valence-corrected chi connectivity index (χ3v) is 11.2. The molecule has 0 radical (unpaired) electrons. The molecule has 1 amide bonds. The van der Waals surface area contributed by atoms with E-state index in [9.17, 15) is 20.1 Å². The van der Waals surface area contributed by atoms with Gasteiger partial charge in [-0.1, -0.05) is 245 Å². The van der Waals surface area contributed by atoms with E-state index >= 15 is 0 Å². The number of aliphatic hydroxyl groups excluding tert-OH is 3. The van der Waals surface area contributed by atoms with Crippen molar-refractivity contribution in [1.82, 2.24) is 5.32 Å². The highest BCUT2D eigenvalue weighted by molar-refractivity contribution is 5.76. The molecule has 51 heavy (non-hydrogen) atoms. The summed E-state index contributed by atoms with van der Waals surface area (Å²) in [5, 5.41) is 33.6. The van der Waals surface area contributed by atoms with Crippen LogP contribution in [-0.2, 0) is 4.79 Å². The Morgan fingerprint density at radius 2 is 0.667 bits per heavy atom. The van der Waals surface area contributed by atoms with Crippen LogP contribution in [0, 0.1) is 0 Å². The fourth-order valence-electron chi connectivity index (χ4n) is 7.58. The van der Waals surface area contributed by atoms with Gasteiger partial charge in [-0.15, -0.1) is 0 Å². The van der Waals surface area contributed by atoms with Crippen molar-refractivity contribution < 1.29 is 20.1 Å². The topological polar surface area (TPSA) is 89.8 Å². The van der Waals surface area contributed by atoms with E-state index in [0.29, 0.717) is 12.8 Å². The SMILES string of the molecule is CCCCCCCCCCCCCCCCCCCCCCCCC(=O)N[C@@H](CO)[C@H](O)[C@H](O)CCCCCCCCCCCCCCCCC. The van der Waals surface area contributed by atoms with Crippen molar-refractivity contribution in [1.29, 1.82) is 0 Å². The highest BCUT2D eigenvalue weighted by Gasteiger charge is 2.26. The number of carbonyl (C=O) groups excluding carboxylic acids is 1. The molecule has 5 nitrogen and oxygen atoms in total. The number of hydrogen-bond donors (Lipinski definition) is 4. The predicted octanol–water partition coefficient (Wildman–Crippen LogP) is 13.4. The van der Waals surface area contributed by atoms with Crippen LogP contribution in [0.3, 0.4) is 0 Å². The Bertz CT molecular complexity index is 674. The number of unbranched alkanes of at least 4 members (excludes halogenated alkanes) is 35. The largest absolute Gasteiger partial charge is 0.394 e. The molecule has 0 unspecified atom stereocenters. The van der Waals surface area contributed by atoms with E-state index in [2.05, 4.69) is 19.2 Å². The van der Waals surface area contributed by atoms with Crippen molar-refractivity contribution in [2.75, 3.05) is 6.61 Å². The maximum absolute atomic E-state index is 12.4. The number of aliphatic hydroxyl groups is 3. The van der Waals surface area contributed by atoms with Crippen LogP contribution in [-0.4, -0.2) is 46.1 Å². The highest BCUT2D eigenvalue weighted by atomic mass is 16.3. The number of amides is 1. The summed E-state index contributed by atoms with van der Waals surface area (Å²) in [6.45, 7) is 4.20. The molecule has 0 aliphatic carbocycles. The van der Waals surface area contributed by atoms with Gasteiger partial charge in [0.2, 0.25) is 5.91 Å². The molecule has 4 N–H and O–H groups in total. The van der Waals surface area contributed by atoms with Crippen LogP contribution >= 0.6 is 0 Å². The lowest BCUT2D eigenvalue weighted by atomic mass is 9.99. The van der Waals surface area contributed by atoms with Gasteiger partial charge in [0, 0.05) is 6.42 Å². The lowest BCUT2D eigenvalue weighted by Gasteiger charge is -2.26. The molecule has 0 saturated heterocycles. The van der Waals surface area contributed by atoms with Gasteiger partial charge in [0.05, 0.1) is 18.8 Å². The Morgan fingerprint density at radius 1 is 0.412 bits per heavy atom. The van der Waals surface area contributed by atoms with E-state index in [0.717, 1.165) is 32.1 Å². The molecule has 0 aromatic heterocycles. The van der Waals surface area contributed by atoms with Gasteiger partial charge in [-0.05, 0) is 12.8 Å². The average Bonchev–Trinajstić information content (AvgIpc) is 3.13. The number of carbonyl (C=O) groups is 1. The van der Waals surface area contributed by atoms with Crippen LogP contribution in [0.1, 0.15) is 264 Å². The lowest BCUT2D eigenvalue weighted by molar-refractivity contribution is -0.124. The zero-order chi connectivity index (χ0) is 37.3. The summed E-state index contributed by atoms with van der Waals surface area (Å²) in [5.41, 5.74) is 0. The first-order chi connectivity index (χ1) is 25.1. The molecule has 0 aromatic carbocycles. The Balaban J connectivity index is 3.54. The second-order valence-corrected chi connectivity index (χ2v) is 16.3. The molecular formula is C46H93NO4. The van der Waals surface area contributed by atoms with Crippen molar-refractivity contribution in [3.05, 3.63) is 0 Å². The normalized spacial score (nSPS) is 13.4. The third kappa shape index (κ3) is 37.5. The second kappa shape index (κ2) is 42.1. The van der Waals surface area contributed by atoms with Crippen molar-refractivity contribution in [2.24, 2.45) is 0 Å². The van der Waals surface area contributed by atoms with Gasteiger partial charge in [-0.25, -0.2) is 0 Å². The van der Waals surface area contributed by atoms with E-state index < -0.39 is 18.2 Å². The van der Waals surface area contributed by atoms with Crippen LogP contribution in [0.15, 0.2) is 0 Å². The van der Waals surface area contributed by atoms with Crippen molar-refractivity contribution >= 4 is 5.91 Å². The van der Waals surface area contributed by atoms with Gasteiger partial charge in [-0.2, -0.15) is 0 Å². The first-order valence-electron chi connectivity index (χ1n) is 23.3. The van der Waals surface area contributed by atoms with Crippen molar-refractivity contribution in [2.45, 2.75) is 283 Å². The minimum Gasteiger partial charge on any atom is -0.394 e. The van der Waals surface area contributed by atoms with E-state index in [-0.39, 0.29) is 12.5 Å². The molecule has 306 valence electrons. The summed E-state index contributed by atoms with van der Waals surface area (Å²) >= 11 is 0. The summed E-state index contributed by atoms with van der Waals surface area (Å²) in [7, 11) is 0. The standard InChI is InChI=1S/C46H93NO4/c1-3-5-7-9-11-13-15-17-19-20-21-22-23-24-25-27-29-31-33-35-37-39-41-45(50)47-43(42-48)46(51)44(49)40-38-36-34-32-30-28-26-18-16-14-12-10-8-6-4-2/h43-44,46,48-49,51H,3-42H2,1-2H3,(H,47,50)/t43-,44+,46-/m0/s1. The Labute approximate surface area is 319 Å². The molecule has 0 spiro atoms. The van der Waals surface area contributed by atoms with E-state index in [4.69, 9.17) is 0 Å². The maximum Gasteiger partial charge on any atom is 0.220 e. The number of hydrogen-bond acceptors (Lipinski definition) is 4. The molecule has 0 aliphatic rings. The van der Waals surface area contributed by atoms with Crippen LogP contribution in [0.5, 0.6) is 0 Å². The quantitative estimate of drug-likeness (QED) is 0.0472. The third-order valence-electron chi connectivity index (χ3n) is 11.2. The van der Waals surface area contributed by atoms with Crippen LogP contribution in [0.25, 0.3) is 0 Å². The Morgan fingerprint density at radius 3 is 0.941 bits per heavy atom. The number of nitrogens with one attached hydrogen (secondary N) is 1. The molecule has 0 aromatic rings. The van der Waals surface area contributed by atoms with Crippen LogP contribution < -0.4 is 5.32 Å². The van der Waals surface area contributed by atoms with E-state index in [1.54, 1.807) is 0 Å².